The molecule has 0 unspecified atom stereocenters. The number of nitro groups is 1. The molecule has 0 saturated carbocycles. The first-order valence-corrected chi connectivity index (χ1v) is 4.49. The summed E-state index contributed by atoms with van der Waals surface area (Å²) < 4.78 is 4.85. The summed E-state index contributed by atoms with van der Waals surface area (Å²) in [6, 6.07) is 4.37. The minimum absolute atomic E-state index is 0.152. The molecular formula is C9H11N5O3. The fraction of sp³-hybridized carbons (Fsp3) is 0.111. The summed E-state index contributed by atoms with van der Waals surface area (Å²) in [6.07, 6.45) is 1.30. The highest BCUT2D eigenvalue weighted by atomic mass is 16.6. The number of nitro benzene ring substituents is 1. The lowest BCUT2D eigenvalue weighted by Crippen LogP contribution is -2.21. The molecule has 0 aliphatic carbocycles. The molecule has 0 amide bonds. The zero-order chi connectivity index (χ0) is 12.8. The smallest absolute Gasteiger partial charge is 0.311 e. The molecule has 0 saturated heterocycles. The SMILES string of the molecule is COc1ccc(/C=N\N=C(N)N)cc1[N+](=O)[O-]. The quantitative estimate of drug-likeness (QED) is 0.334. The molecular weight excluding hydrogens is 226 g/mol. The lowest BCUT2D eigenvalue weighted by molar-refractivity contribution is -0.385. The molecule has 8 heteroatoms. The molecule has 17 heavy (non-hydrogen) atoms. The predicted molar refractivity (Wildman–Crippen MR) is 63.1 cm³/mol. The van der Waals surface area contributed by atoms with Gasteiger partial charge in [-0.2, -0.15) is 5.10 Å². The van der Waals surface area contributed by atoms with E-state index in [-0.39, 0.29) is 17.4 Å². The Kier molecular flexibility index (Phi) is 3.98. The molecule has 0 radical (unpaired) electrons. The van der Waals surface area contributed by atoms with Gasteiger partial charge in [0.05, 0.1) is 18.2 Å². The van der Waals surface area contributed by atoms with Crippen LogP contribution in [-0.4, -0.2) is 24.2 Å². The number of methoxy groups -OCH3 is 1. The van der Waals surface area contributed by atoms with Crippen LogP contribution in [-0.2, 0) is 0 Å². The van der Waals surface area contributed by atoms with Gasteiger partial charge in [0.1, 0.15) is 0 Å². The zero-order valence-corrected chi connectivity index (χ0v) is 9.03. The van der Waals surface area contributed by atoms with Crippen LogP contribution < -0.4 is 16.2 Å². The van der Waals surface area contributed by atoms with Gasteiger partial charge in [0.25, 0.3) is 0 Å². The van der Waals surface area contributed by atoms with Gasteiger partial charge in [-0.15, -0.1) is 5.10 Å². The van der Waals surface area contributed by atoms with Crippen LogP contribution in [0.5, 0.6) is 5.75 Å². The minimum atomic E-state index is -0.545. The van der Waals surface area contributed by atoms with Gasteiger partial charge in [0, 0.05) is 11.6 Å². The first-order chi connectivity index (χ1) is 8.04. The standard InChI is InChI=1S/C9H11N5O3/c1-17-8-3-2-6(4-7(8)14(15)16)5-12-13-9(10)11/h2-5H,1H3,(H4,10,11,13)/b12-5-. The largest absolute Gasteiger partial charge is 0.490 e. The van der Waals surface area contributed by atoms with Crippen molar-refractivity contribution in [1.82, 2.24) is 0 Å². The highest BCUT2D eigenvalue weighted by molar-refractivity contribution is 5.83. The highest BCUT2D eigenvalue weighted by Gasteiger charge is 2.14. The molecule has 8 nitrogen and oxygen atoms in total. The van der Waals surface area contributed by atoms with Gasteiger partial charge in [0.15, 0.2) is 5.75 Å². The average Bonchev–Trinajstić information content (AvgIpc) is 2.28. The molecule has 1 aromatic carbocycles. The van der Waals surface area contributed by atoms with Gasteiger partial charge < -0.3 is 16.2 Å². The second kappa shape index (κ2) is 5.45. The van der Waals surface area contributed by atoms with Crippen LogP contribution in [0.15, 0.2) is 28.4 Å². The molecule has 0 aliphatic heterocycles. The number of benzene rings is 1. The van der Waals surface area contributed by atoms with Crippen molar-refractivity contribution in [3.63, 3.8) is 0 Å². The van der Waals surface area contributed by atoms with Crippen LogP contribution in [0.4, 0.5) is 5.69 Å². The summed E-state index contributed by atoms with van der Waals surface area (Å²) in [5.74, 6) is -0.0155. The maximum atomic E-state index is 10.7. The van der Waals surface area contributed by atoms with Crippen molar-refractivity contribution >= 4 is 17.9 Å². The zero-order valence-electron chi connectivity index (χ0n) is 9.03. The van der Waals surface area contributed by atoms with Gasteiger partial charge in [-0.1, -0.05) is 0 Å². The molecule has 0 aliphatic rings. The van der Waals surface area contributed by atoms with Crippen molar-refractivity contribution in [2.75, 3.05) is 7.11 Å². The fourth-order valence-electron chi connectivity index (χ4n) is 1.09. The number of nitrogens with two attached hydrogens (primary N) is 2. The third-order valence-corrected chi connectivity index (χ3v) is 1.78. The van der Waals surface area contributed by atoms with Crippen molar-refractivity contribution < 1.29 is 9.66 Å². The van der Waals surface area contributed by atoms with Crippen LogP contribution in [0.25, 0.3) is 0 Å². The molecule has 1 aromatic rings. The molecule has 0 bridgehead atoms. The van der Waals surface area contributed by atoms with Crippen LogP contribution in [0.2, 0.25) is 0 Å². The second-order valence-electron chi connectivity index (χ2n) is 2.96. The molecule has 0 aromatic heterocycles. The molecule has 0 spiro atoms. The van der Waals surface area contributed by atoms with E-state index in [0.29, 0.717) is 5.56 Å². The summed E-state index contributed by atoms with van der Waals surface area (Å²) in [5, 5.41) is 17.7. The number of nitrogens with zero attached hydrogens (tertiary/aromatic N) is 3. The Morgan fingerprint density at radius 2 is 2.24 bits per heavy atom. The van der Waals surface area contributed by atoms with E-state index >= 15 is 0 Å². The molecule has 0 atom stereocenters. The van der Waals surface area contributed by atoms with E-state index in [1.54, 1.807) is 6.07 Å². The van der Waals surface area contributed by atoms with Crippen LogP contribution in [0.3, 0.4) is 0 Å². The Labute approximate surface area is 96.7 Å². The summed E-state index contributed by atoms with van der Waals surface area (Å²) in [6.45, 7) is 0. The lowest BCUT2D eigenvalue weighted by Gasteiger charge is -2.01. The number of ether oxygens (including phenoxy) is 1. The fourth-order valence-corrected chi connectivity index (χ4v) is 1.09. The monoisotopic (exact) mass is 237 g/mol. The van der Waals surface area contributed by atoms with Crippen LogP contribution in [0.1, 0.15) is 5.56 Å². The number of hydrogen-bond donors (Lipinski definition) is 2. The number of guanidine groups is 1. The maximum absolute atomic E-state index is 10.7. The van der Waals surface area contributed by atoms with Crippen LogP contribution >= 0.6 is 0 Å². The Hall–Kier alpha value is -2.64. The van der Waals surface area contributed by atoms with Crippen molar-refractivity contribution in [3.05, 3.63) is 33.9 Å². The second-order valence-corrected chi connectivity index (χ2v) is 2.96. The summed E-state index contributed by atoms with van der Waals surface area (Å²) in [5.41, 5.74) is 10.5. The van der Waals surface area contributed by atoms with E-state index in [0.717, 1.165) is 0 Å². The minimum Gasteiger partial charge on any atom is -0.490 e. The molecule has 4 N–H and O–H groups in total. The maximum Gasteiger partial charge on any atom is 0.311 e. The Balaban J connectivity index is 3.04. The van der Waals surface area contributed by atoms with Gasteiger partial charge >= 0.3 is 5.69 Å². The summed E-state index contributed by atoms with van der Waals surface area (Å²) in [4.78, 5) is 10.2. The third kappa shape index (κ3) is 3.45. The Bertz CT molecular complexity index is 480. The van der Waals surface area contributed by atoms with E-state index in [1.165, 1.54) is 25.5 Å². The average molecular weight is 237 g/mol. The number of hydrogen-bond acceptors (Lipinski definition) is 5. The van der Waals surface area contributed by atoms with Gasteiger partial charge in [0.2, 0.25) is 5.96 Å². The lowest BCUT2D eigenvalue weighted by atomic mass is 10.2. The number of rotatable bonds is 4. The molecule has 0 fully saturated rings. The van der Waals surface area contributed by atoms with Crippen molar-refractivity contribution in [2.24, 2.45) is 21.7 Å². The molecule has 1 rings (SSSR count). The predicted octanol–water partition coefficient (Wildman–Crippen LogP) is 0.211. The van der Waals surface area contributed by atoms with Gasteiger partial charge in [-0.05, 0) is 12.1 Å². The normalized spacial score (nSPS) is 10.2. The van der Waals surface area contributed by atoms with Gasteiger partial charge in [-0.25, -0.2) is 0 Å². The van der Waals surface area contributed by atoms with E-state index in [9.17, 15) is 10.1 Å². The van der Waals surface area contributed by atoms with Crippen molar-refractivity contribution in [3.8, 4) is 5.75 Å². The van der Waals surface area contributed by atoms with Crippen LogP contribution in [0, 0.1) is 10.1 Å². The topological polar surface area (TPSA) is 129 Å². The molecule has 0 heterocycles. The van der Waals surface area contributed by atoms with E-state index in [1.807, 2.05) is 0 Å². The van der Waals surface area contributed by atoms with Crippen molar-refractivity contribution in [2.45, 2.75) is 0 Å². The Morgan fingerprint density at radius 3 is 2.76 bits per heavy atom. The first-order valence-electron chi connectivity index (χ1n) is 4.49. The summed E-state index contributed by atoms with van der Waals surface area (Å²) >= 11 is 0. The van der Waals surface area contributed by atoms with E-state index < -0.39 is 4.92 Å². The molecule has 90 valence electrons. The summed E-state index contributed by atoms with van der Waals surface area (Å²) in [7, 11) is 1.36. The third-order valence-electron chi connectivity index (χ3n) is 1.78. The van der Waals surface area contributed by atoms with Gasteiger partial charge in [-0.3, -0.25) is 10.1 Å². The van der Waals surface area contributed by atoms with Crippen molar-refractivity contribution in [1.29, 1.82) is 0 Å². The first kappa shape index (κ1) is 12.4. The van der Waals surface area contributed by atoms with E-state index in [4.69, 9.17) is 16.2 Å². The van der Waals surface area contributed by atoms with E-state index in [2.05, 4.69) is 10.2 Å². The Morgan fingerprint density at radius 1 is 1.53 bits per heavy atom. The highest BCUT2D eigenvalue weighted by Crippen LogP contribution is 2.26.